The average molecular weight is 327 g/mol. The van der Waals surface area contributed by atoms with E-state index in [1.54, 1.807) is 18.2 Å². The molecule has 2 aliphatic rings. The van der Waals surface area contributed by atoms with Crippen LogP contribution in [0.15, 0.2) is 24.3 Å². The summed E-state index contributed by atoms with van der Waals surface area (Å²) in [4.78, 5) is 12.6. The third-order valence-corrected chi connectivity index (χ3v) is 4.57. The highest BCUT2D eigenvalue weighted by Crippen LogP contribution is 2.33. The number of anilines is 1. The van der Waals surface area contributed by atoms with Crippen LogP contribution in [0.3, 0.4) is 0 Å². The zero-order valence-electron chi connectivity index (χ0n) is 13.7. The molecule has 2 heterocycles. The number of nitrogens with zero attached hydrogens (tertiary/aromatic N) is 2. The number of benzene rings is 1. The Bertz CT molecular complexity index is 763. The molecular weight excluding hydrogens is 306 g/mol. The molecule has 0 unspecified atom stereocenters. The van der Waals surface area contributed by atoms with E-state index < -0.39 is 0 Å². The van der Waals surface area contributed by atoms with Gasteiger partial charge in [0.2, 0.25) is 0 Å². The van der Waals surface area contributed by atoms with Crippen LogP contribution in [-0.4, -0.2) is 28.9 Å². The minimum absolute atomic E-state index is 0.161. The lowest BCUT2D eigenvalue weighted by Gasteiger charge is -2.19. The number of aryl methyl sites for hydroxylation is 1. The lowest BCUT2D eigenvalue weighted by atomic mass is 10.2. The molecule has 0 radical (unpaired) electrons. The Morgan fingerprint density at radius 3 is 2.71 bits per heavy atom. The van der Waals surface area contributed by atoms with Gasteiger partial charge in [0.1, 0.15) is 19.0 Å². The summed E-state index contributed by atoms with van der Waals surface area (Å²) < 4.78 is 13.0. The van der Waals surface area contributed by atoms with Gasteiger partial charge in [-0.2, -0.15) is 5.10 Å². The van der Waals surface area contributed by atoms with Crippen LogP contribution in [0.25, 0.3) is 0 Å². The van der Waals surface area contributed by atoms with Gasteiger partial charge >= 0.3 is 0 Å². The smallest absolute Gasteiger partial charge is 0.256 e. The number of hydrogen-bond acceptors (Lipinski definition) is 4. The van der Waals surface area contributed by atoms with Gasteiger partial charge in [-0.05, 0) is 38.0 Å². The van der Waals surface area contributed by atoms with Crippen molar-refractivity contribution in [2.45, 2.75) is 38.6 Å². The average Bonchev–Trinajstić information content (AvgIpc) is 3.24. The molecule has 24 heavy (non-hydrogen) atoms. The van der Waals surface area contributed by atoms with Crippen LogP contribution in [0.1, 0.15) is 47.8 Å². The molecule has 0 bridgehead atoms. The van der Waals surface area contributed by atoms with Crippen LogP contribution >= 0.6 is 0 Å². The molecule has 0 atom stereocenters. The Balaban J connectivity index is 1.56. The molecule has 1 aliphatic heterocycles. The number of hydrogen-bond donors (Lipinski definition) is 1. The molecule has 4 rings (SSSR count). The quantitative estimate of drug-likeness (QED) is 0.939. The van der Waals surface area contributed by atoms with Crippen LogP contribution in [0, 0.1) is 6.92 Å². The first kappa shape index (κ1) is 15.1. The number of amides is 1. The van der Waals surface area contributed by atoms with E-state index in [4.69, 9.17) is 9.47 Å². The fourth-order valence-electron chi connectivity index (χ4n) is 3.41. The highest BCUT2D eigenvalue weighted by atomic mass is 16.6. The van der Waals surface area contributed by atoms with E-state index in [-0.39, 0.29) is 5.91 Å². The summed E-state index contributed by atoms with van der Waals surface area (Å²) in [5, 5.41) is 7.56. The standard InChI is InChI=1S/C18H21N3O3/c1-12-10-17(21(20-12)14-4-2-3-5-14)19-18(22)13-6-7-15-16(11-13)24-9-8-23-15/h6-7,10-11,14H,2-5,8-9H2,1H3,(H,19,22). The Morgan fingerprint density at radius 1 is 1.17 bits per heavy atom. The van der Waals surface area contributed by atoms with Gasteiger partial charge in [0.25, 0.3) is 5.91 Å². The van der Waals surface area contributed by atoms with Crippen molar-refractivity contribution in [3.63, 3.8) is 0 Å². The molecule has 1 saturated carbocycles. The summed E-state index contributed by atoms with van der Waals surface area (Å²) in [5.74, 6) is 1.91. The summed E-state index contributed by atoms with van der Waals surface area (Å²) in [6, 6.07) is 7.57. The van der Waals surface area contributed by atoms with E-state index in [2.05, 4.69) is 10.4 Å². The van der Waals surface area contributed by atoms with E-state index in [0.29, 0.717) is 36.3 Å². The Kier molecular flexibility index (Phi) is 3.88. The maximum Gasteiger partial charge on any atom is 0.256 e. The second-order valence-electron chi connectivity index (χ2n) is 6.37. The highest BCUT2D eigenvalue weighted by molar-refractivity contribution is 6.04. The maximum atomic E-state index is 12.6. The minimum atomic E-state index is -0.161. The van der Waals surface area contributed by atoms with Gasteiger partial charge in [-0.3, -0.25) is 4.79 Å². The van der Waals surface area contributed by atoms with Gasteiger partial charge < -0.3 is 14.8 Å². The van der Waals surface area contributed by atoms with E-state index in [0.717, 1.165) is 24.4 Å². The van der Waals surface area contributed by atoms with Crippen LogP contribution in [0.4, 0.5) is 5.82 Å². The number of aromatic nitrogens is 2. The molecule has 1 fully saturated rings. The summed E-state index contributed by atoms with van der Waals surface area (Å²) in [7, 11) is 0. The first-order valence-electron chi connectivity index (χ1n) is 8.48. The van der Waals surface area contributed by atoms with Crippen molar-refractivity contribution < 1.29 is 14.3 Å². The fraction of sp³-hybridized carbons (Fsp3) is 0.444. The molecule has 1 aliphatic carbocycles. The zero-order valence-corrected chi connectivity index (χ0v) is 13.7. The largest absolute Gasteiger partial charge is 0.486 e. The second kappa shape index (κ2) is 6.19. The summed E-state index contributed by atoms with van der Waals surface area (Å²) in [6.45, 7) is 3.00. The fourth-order valence-corrected chi connectivity index (χ4v) is 3.41. The van der Waals surface area contributed by atoms with Gasteiger partial charge in [0.15, 0.2) is 11.5 Å². The van der Waals surface area contributed by atoms with E-state index in [9.17, 15) is 4.79 Å². The molecule has 0 spiro atoms. The van der Waals surface area contributed by atoms with Crippen molar-refractivity contribution in [3.05, 3.63) is 35.5 Å². The highest BCUT2D eigenvalue weighted by Gasteiger charge is 2.22. The molecule has 1 aromatic heterocycles. The van der Waals surface area contributed by atoms with Gasteiger partial charge in [0.05, 0.1) is 11.7 Å². The third kappa shape index (κ3) is 2.84. The summed E-state index contributed by atoms with van der Waals surface area (Å²) >= 11 is 0. The van der Waals surface area contributed by atoms with Crippen LogP contribution in [0.5, 0.6) is 11.5 Å². The number of rotatable bonds is 3. The number of nitrogens with one attached hydrogen (secondary N) is 1. The van der Waals surface area contributed by atoms with Crippen molar-refractivity contribution >= 4 is 11.7 Å². The van der Waals surface area contributed by atoms with Crippen molar-refractivity contribution in [1.82, 2.24) is 9.78 Å². The van der Waals surface area contributed by atoms with Gasteiger partial charge in [-0.1, -0.05) is 12.8 Å². The SMILES string of the molecule is Cc1cc(NC(=O)c2ccc3c(c2)OCCO3)n(C2CCCC2)n1. The predicted molar refractivity (Wildman–Crippen MR) is 89.9 cm³/mol. The monoisotopic (exact) mass is 327 g/mol. The van der Waals surface area contributed by atoms with Gasteiger partial charge in [-0.25, -0.2) is 4.68 Å². The topological polar surface area (TPSA) is 65.4 Å². The zero-order chi connectivity index (χ0) is 16.5. The predicted octanol–water partition coefficient (Wildman–Crippen LogP) is 3.33. The molecule has 1 N–H and O–H groups in total. The third-order valence-electron chi connectivity index (χ3n) is 4.57. The Labute approximate surface area is 140 Å². The lowest BCUT2D eigenvalue weighted by Crippen LogP contribution is -2.19. The minimum Gasteiger partial charge on any atom is -0.486 e. The van der Waals surface area contributed by atoms with Crippen molar-refractivity contribution in [2.24, 2.45) is 0 Å². The lowest BCUT2D eigenvalue weighted by molar-refractivity contribution is 0.102. The molecular formula is C18H21N3O3. The van der Waals surface area contributed by atoms with E-state index >= 15 is 0 Å². The van der Waals surface area contributed by atoms with Crippen molar-refractivity contribution in [2.75, 3.05) is 18.5 Å². The summed E-state index contributed by atoms with van der Waals surface area (Å²) in [6.07, 6.45) is 4.68. The molecule has 1 amide bonds. The first-order valence-corrected chi connectivity index (χ1v) is 8.48. The normalized spacial score (nSPS) is 17.0. The second-order valence-corrected chi connectivity index (χ2v) is 6.37. The number of fused-ring (bicyclic) bond motifs is 1. The molecule has 0 saturated heterocycles. The van der Waals surface area contributed by atoms with Gasteiger partial charge in [0, 0.05) is 11.6 Å². The van der Waals surface area contributed by atoms with Gasteiger partial charge in [-0.15, -0.1) is 0 Å². The van der Waals surface area contributed by atoms with E-state index in [1.807, 2.05) is 17.7 Å². The Hall–Kier alpha value is -2.50. The Morgan fingerprint density at radius 2 is 1.92 bits per heavy atom. The number of carbonyl (C=O) groups excluding carboxylic acids is 1. The van der Waals surface area contributed by atoms with E-state index in [1.165, 1.54) is 12.8 Å². The molecule has 6 nitrogen and oxygen atoms in total. The molecule has 6 heteroatoms. The first-order chi connectivity index (χ1) is 11.7. The summed E-state index contributed by atoms with van der Waals surface area (Å²) in [5.41, 5.74) is 1.47. The molecule has 126 valence electrons. The van der Waals surface area contributed by atoms with Crippen molar-refractivity contribution in [3.8, 4) is 11.5 Å². The molecule has 1 aromatic carbocycles. The van der Waals surface area contributed by atoms with Crippen LogP contribution in [0.2, 0.25) is 0 Å². The van der Waals surface area contributed by atoms with Crippen LogP contribution in [-0.2, 0) is 0 Å². The maximum absolute atomic E-state index is 12.6. The number of ether oxygens (including phenoxy) is 2. The van der Waals surface area contributed by atoms with Crippen LogP contribution < -0.4 is 14.8 Å². The molecule has 2 aromatic rings. The number of carbonyl (C=O) groups is 1. The van der Waals surface area contributed by atoms with Crippen molar-refractivity contribution in [1.29, 1.82) is 0 Å².